The fourth-order valence-corrected chi connectivity index (χ4v) is 10.8. The average Bonchev–Trinajstić information content (AvgIpc) is 2.79. The highest BCUT2D eigenvalue weighted by molar-refractivity contribution is 5.78. The van der Waals surface area contributed by atoms with Gasteiger partial charge in [0, 0.05) is 0 Å². The second-order valence-electron chi connectivity index (χ2n) is 15.1. The number of rotatable bonds is 2. The van der Waals surface area contributed by atoms with Gasteiger partial charge in [-0.2, -0.15) is 0 Å². The SMILES string of the molecule is CC1(C)CC2C3=CCC4C5(C)CC(O)C(O)C(C)(C(=O)O)C5CCC4(C)C3(C)CC(O)C2(C(=O)O)CC1O. The maximum atomic E-state index is 12.9. The van der Waals surface area contributed by atoms with E-state index in [9.17, 15) is 40.2 Å². The molecule has 38 heavy (non-hydrogen) atoms. The van der Waals surface area contributed by atoms with Crippen molar-refractivity contribution in [3.63, 3.8) is 0 Å². The van der Waals surface area contributed by atoms with Crippen molar-refractivity contribution in [2.24, 2.45) is 50.2 Å². The molecule has 0 bridgehead atoms. The highest BCUT2D eigenvalue weighted by atomic mass is 16.4. The van der Waals surface area contributed by atoms with Crippen LogP contribution in [0, 0.1) is 50.2 Å². The first kappa shape index (κ1) is 28.1. The Morgan fingerprint density at radius 1 is 0.816 bits per heavy atom. The number of fused-ring (bicyclic) bond motifs is 7. The van der Waals surface area contributed by atoms with Gasteiger partial charge in [-0.15, -0.1) is 0 Å². The number of carboxylic acids is 2. The lowest BCUT2D eigenvalue weighted by Gasteiger charge is -2.71. The molecule has 8 nitrogen and oxygen atoms in total. The summed E-state index contributed by atoms with van der Waals surface area (Å²) in [4.78, 5) is 25.4. The second-order valence-corrected chi connectivity index (χ2v) is 15.1. The van der Waals surface area contributed by atoms with Gasteiger partial charge in [-0.1, -0.05) is 46.3 Å². The Bertz CT molecular complexity index is 1080. The Kier molecular flexibility index (Phi) is 5.94. The lowest BCUT2D eigenvalue weighted by molar-refractivity contribution is -0.246. The van der Waals surface area contributed by atoms with Gasteiger partial charge in [0.2, 0.25) is 0 Å². The lowest BCUT2D eigenvalue weighted by atomic mass is 9.33. The van der Waals surface area contributed by atoms with E-state index >= 15 is 0 Å². The normalized spacial score (nSPS) is 55.4. The standard InChI is InChI=1S/C30H46O8/c1-25(2)11-16-15-7-8-18-26(3)12-17(31)22(34)29(6,23(35)36)19(26)9-10-27(18,4)28(15,5)13-21(33)30(16,24(37)38)14-20(25)32/h7,16-22,31-34H,8-14H2,1-6H3,(H,35,36)(H,37,38). The van der Waals surface area contributed by atoms with Gasteiger partial charge in [-0.05, 0) is 91.3 Å². The maximum absolute atomic E-state index is 12.9. The number of hydrogen-bond acceptors (Lipinski definition) is 6. The molecule has 214 valence electrons. The van der Waals surface area contributed by atoms with Gasteiger partial charge >= 0.3 is 11.9 Å². The largest absolute Gasteiger partial charge is 0.481 e. The van der Waals surface area contributed by atoms with E-state index in [1.165, 1.54) is 0 Å². The van der Waals surface area contributed by atoms with Crippen LogP contribution >= 0.6 is 0 Å². The van der Waals surface area contributed by atoms with Crippen LogP contribution in [0.5, 0.6) is 0 Å². The monoisotopic (exact) mass is 534 g/mol. The highest BCUT2D eigenvalue weighted by Crippen LogP contribution is 2.75. The van der Waals surface area contributed by atoms with Crippen molar-refractivity contribution in [2.75, 3.05) is 0 Å². The van der Waals surface area contributed by atoms with Crippen LogP contribution in [-0.2, 0) is 9.59 Å². The summed E-state index contributed by atoms with van der Waals surface area (Å²) in [5.41, 5.74) is -3.86. The molecule has 0 aromatic carbocycles. The van der Waals surface area contributed by atoms with Gasteiger partial charge in [-0.3, -0.25) is 9.59 Å². The summed E-state index contributed by atoms with van der Waals surface area (Å²) < 4.78 is 0. The van der Waals surface area contributed by atoms with Crippen LogP contribution in [-0.4, -0.2) is 67.0 Å². The minimum Gasteiger partial charge on any atom is -0.481 e. The van der Waals surface area contributed by atoms with Crippen molar-refractivity contribution in [2.45, 2.75) is 111 Å². The van der Waals surface area contributed by atoms with E-state index in [-0.39, 0.29) is 30.1 Å². The number of hydrogen-bond donors (Lipinski definition) is 6. The number of aliphatic hydroxyl groups is 4. The minimum atomic E-state index is -1.48. The van der Waals surface area contributed by atoms with Crippen LogP contribution in [0.3, 0.4) is 0 Å². The Morgan fingerprint density at radius 3 is 2.03 bits per heavy atom. The van der Waals surface area contributed by atoms with Gasteiger partial charge in [0.25, 0.3) is 0 Å². The number of carboxylic acid groups (broad SMARTS) is 2. The number of aliphatic hydroxyl groups excluding tert-OH is 4. The van der Waals surface area contributed by atoms with E-state index in [1.807, 2.05) is 13.8 Å². The molecule has 0 heterocycles. The summed E-state index contributed by atoms with van der Waals surface area (Å²) in [6.45, 7) is 11.9. The summed E-state index contributed by atoms with van der Waals surface area (Å²) in [5, 5.41) is 65.2. The quantitative estimate of drug-likeness (QED) is 0.295. The molecular weight excluding hydrogens is 488 g/mol. The summed E-state index contributed by atoms with van der Waals surface area (Å²) in [6.07, 6.45) is 0.576. The van der Waals surface area contributed by atoms with Crippen LogP contribution < -0.4 is 0 Å². The highest BCUT2D eigenvalue weighted by Gasteiger charge is 2.73. The number of allylic oxidation sites excluding steroid dienone is 2. The third kappa shape index (κ3) is 3.06. The van der Waals surface area contributed by atoms with E-state index < -0.39 is 69.3 Å². The zero-order chi connectivity index (χ0) is 28.4. The van der Waals surface area contributed by atoms with Crippen molar-refractivity contribution in [3.8, 4) is 0 Å². The molecule has 12 unspecified atom stereocenters. The molecule has 0 spiro atoms. The average molecular weight is 535 g/mol. The minimum absolute atomic E-state index is 0.00949. The molecule has 0 aliphatic heterocycles. The maximum Gasteiger partial charge on any atom is 0.312 e. The van der Waals surface area contributed by atoms with Crippen molar-refractivity contribution in [1.29, 1.82) is 0 Å². The molecule has 0 saturated heterocycles. The third-order valence-electron chi connectivity index (χ3n) is 13.4. The first-order valence-corrected chi connectivity index (χ1v) is 14.2. The smallest absolute Gasteiger partial charge is 0.312 e. The Hall–Kier alpha value is -1.48. The van der Waals surface area contributed by atoms with Crippen molar-refractivity contribution >= 4 is 11.9 Å². The molecule has 4 fully saturated rings. The van der Waals surface area contributed by atoms with Crippen molar-refractivity contribution in [1.82, 2.24) is 0 Å². The first-order chi connectivity index (χ1) is 17.3. The fourth-order valence-electron chi connectivity index (χ4n) is 10.8. The summed E-state index contributed by atoms with van der Waals surface area (Å²) in [6, 6.07) is 0. The summed E-state index contributed by atoms with van der Waals surface area (Å²) >= 11 is 0. The van der Waals surface area contributed by atoms with Crippen LogP contribution in [0.15, 0.2) is 11.6 Å². The lowest BCUT2D eigenvalue weighted by Crippen LogP contribution is -2.70. The van der Waals surface area contributed by atoms with Gasteiger partial charge in [0.1, 0.15) is 5.41 Å². The number of aliphatic carboxylic acids is 2. The Morgan fingerprint density at radius 2 is 1.45 bits per heavy atom. The predicted octanol–water partition coefficient (Wildman–Crippen LogP) is 3.21. The molecule has 0 radical (unpaired) electrons. The van der Waals surface area contributed by atoms with Crippen molar-refractivity contribution < 1.29 is 40.2 Å². The molecular formula is C30H46O8. The van der Waals surface area contributed by atoms with E-state index in [4.69, 9.17) is 0 Å². The van der Waals surface area contributed by atoms with Gasteiger partial charge in [0.05, 0.1) is 29.8 Å². The molecule has 6 N–H and O–H groups in total. The zero-order valence-corrected chi connectivity index (χ0v) is 23.6. The molecule has 5 aliphatic carbocycles. The van der Waals surface area contributed by atoms with Gasteiger partial charge in [0.15, 0.2) is 0 Å². The predicted molar refractivity (Wildman–Crippen MR) is 139 cm³/mol. The Balaban J connectivity index is 1.65. The molecule has 0 aromatic heterocycles. The van der Waals surface area contributed by atoms with Crippen molar-refractivity contribution in [3.05, 3.63) is 11.6 Å². The summed E-state index contributed by atoms with van der Waals surface area (Å²) in [5.74, 6) is -2.92. The fraction of sp³-hybridized carbons (Fsp3) is 0.867. The van der Waals surface area contributed by atoms with Gasteiger partial charge < -0.3 is 30.6 Å². The summed E-state index contributed by atoms with van der Waals surface area (Å²) in [7, 11) is 0. The van der Waals surface area contributed by atoms with E-state index in [1.54, 1.807) is 6.92 Å². The van der Waals surface area contributed by atoms with Crippen LogP contribution in [0.25, 0.3) is 0 Å². The van der Waals surface area contributed by atoms with Crippen LogP contribution in [0.2, 0.25) is 0 Å². The van der Waals surface area contributed by atoms with E-state index in [0.29, 0.717) is 32.1 Å². The van der Waals surface area contributed by atoms with E-state index in [2.05, 4.69) is 26.8 Å². The topological polar surface area (TPSA) is 156 Å². The molecule has 0 aromatic rings. The zero-order valence-electron chi connectivity index (χ0n) is 23.6. The molecule has 12 atom stereocenters. The van der Waals surface area contributed by atoms with E-state index in [0.717, 1.165) is 5.57 Å². The second kappa shape index (κ2) is 8.05. The molecule has 4 saturated carbocycles. The molecule has 8 heteroatoms. The van der Waals surface area contributed by atoms with Crippen LogP contribution in [0.1, 0.15) is 86.5 Å². The third-order valence-corrected chi connectivity index (χ3v) is 13.4. The molecule has 0 amide bonds. The molecule has 5 aliphatic rings. The van der Waals surface area contributed by atoms with Crippen LogP contribution in [0.4, 0.5) is 0 Å². The first-order valence-electron chi connectivity index (χ1n) is 14.2. The number of carbonyl (C=O) groups is 2. The Labute approximate surface area is 225 Å². The van der Waals surface area contributed by atoms with Gasteiger partial charge in [-0.25, -0.2) is 0 Å². The molecule has 5 rings (SSSR count).